The Kier molecular flexibility index (Phi) is 10.2. The third kappa shape index (κ3) is 7.82. The van der Waals surface area contributed by atoms with Gasteiger partial charge in [-0.05, 0) is 55.3 Å². The number of ether oxygens (including phenoxy) is 2. The lowest BCUT2D eigenvalue weighted by Gasteiger charge is -2.14. The minimum absolute atomic E-state index is 0.0771. The molecule has 5 nitrogen and oxygen atoms in total. The molecule has 0 heterocycles. The maximum absolute atomic E-state index is 12.5. The summed E-state index contributed by atoms with van der Waals surface area (Å²) in [5, 5.41) is 13.0. The van der Waals surface area contributed by atoms with Gasteiger partial charge >= 0.3 is 0 Å². The number of hydrogen-bond acceptors (Lipinski definition) is 4. The van der Waals surface area contributed by atoms with Gasteiger partial charge in [0.1, 0.15) is 11.6 Å². The maximum Gasteiger partial charge on any atom is 0.266 e. The highest BCUT2D eigenvalue weighted by Crippen LogP contribution is 2.37. The van der Waals surface area contributed by atoms with Crippen molar-refractivity contribution >= 4 is 40.9 Å². The molecule has 7 heteroatoms. The summed E-state index contributed by atoms with van der Waals surface area (Å²) in [6.45, 7) is 4.99. The fraction of sp³-hybridized carbons (Fsp3) is 0.333. The Morgan fingerprint density at radius 2 is 1.94 bits per heavy atom. The molecule has 0 atom stereocenters. The monoisotopic (exact) mass is 460 g/mol. The number of nitrogens with zero attached hydrogens (tertiary/aromatic N) is 1. The van der Waals surface area contributed by atoms with Crippen LogP contribution in [0.4, 0.5) is 5.69 Å². The molecule has 0 bridgehead atoms. The minimum Gasteiger partial charge on any atom is -0.490 e. The molecule has 0 saturated carbocycles. The van der Waals surface area contributed by atoms with Crippen molar-refractivity contribution in [3.63, 3.8) is 0 Å². The summed E-state index contributed by atoms with van der Waals surface area (Å²) in [4.78, 5) is 12.5. The van der Waals surface area contributed by atoms with Crippen molar-refractivity contribution in [2.45, 2.75) is 39.5 Å². The summed E-state index contributed by atoms with van der Waals surface area (Å²) < 4.78 is 11.5. The smallest absolute Gasteiger partial charge is 0.266 e. The number of amides is 1. The van der Waals surface area contributed by atoms with Crippen LogP contribution in [-0.2, 0) is 4.79 Å². The molecular weight excluding hydrogens is 435 g/mol. The van der Waals surface area contributed by atoms with Gasteiger partial charge in [0.2, 0.25) is 0 Å². The molecule has 0 aliphatic heterocycles. The summed E-state index contributed by atoms with van der Waals surface area (Å²) in [7, 11) is 0. The van der Waals surface area contributed by atoms with Crippen molar-refractivity contribution in [1.29, 1.82) is 5.26 Å². The zero-order chi connectivity index (χ0) is 22.6. The van der Waals surface area contributed by atoms with E-state index in [1.165, 1.54) is 6.08 Å². The standard InChI is InChI=1S/C24H26Cl2N2O3/c1-3-5-6-7-11-31-23-21(26)13-17(14-22(23)30-4-2)12-18(16-27)24(29)28-20-10-8-9-19(25)15-20/h8-10,12-15H,3-7,11H2,1-2H3,(H,28,29)/b18-12-. The highest BCUT2D eigenvalue weighted by atomic mass is 35.5. The number of nitrogens with one attached hydrogen (secondary N) is 1. The highest BCUT2D eigenvalue weighted by molar-refractivity contribution is 6.32. The zero-order valence-electron chi connectivity index (χ0n) is 17.7. The second-order valence-electron chi connectivity index (χ2n) is 6.81. The van der Waals surface area contributed by atoms with Gasteiger partial charge in [-0.1, -0.05) is 55.5 Å². The first-order chi connectivity index (χ1) is 15.0. The second-order valence-corrected chi connectivity index (χ2v) is 7.65. The first-order valence-corrected chi connectivity index (χ1v) is 11.0. The fourth-order valence-corrected chi connectivity index (χ4v) is 3.32. The van der Waals surface area contributed by atoms with Crippen LogP contribution in [-0.4, -0.2) is 19.1 Å². The molecule has 0 spiro atoms. The molecule has 2 rings (SSSR count). The summed E-state index contributed by atoms with van der Waals surface area (Å²) in [6.07, 6.45) is 5.79. The molecule has 31 heavy (non-hydrogen) atoms. The lowest BCUT2D eigenvalue weighted by Crippen LogP contribution is -2.13. The molecule has 2 aromatic rings. The van der Waals surface area contributed by atoms with Crippen molar-refractivity contribution in [3.05, 3.63) is 57.6 Å². The SMILES string of the molecule is CCCCCCOc1c(Cl)cc(/C=C(/C#N)C(=O)Nc2cccc(Cl)c2)cc1OCC. The van der Waals surface area contributed by atoms with Crippen LogP contribution in [0.3, 0.4) is 0 Å². The number of nitriles is 1. The van der Waals surface area contributed by atoms with E-state index in [-0.39, 0.29) is 5.57 Å². The van der Waals surface area contributed by atoms with E-state index in [1.54, 1.807) is 36.4 Å². The van der Waals surface area contributed by atoms with E-state index in [0.29, 0.717) is 46.0 Å². The molecule has 1 N–H and O–H groups in total. The Balaban J connectivity index is 2.21. The molecule has 1 amide bonds. The van der Waals surface area contributed by atoms with Crippen molar-refractivity contribution in [1.82, 2.24) is 0 Å². The van der Waals surface area contributed by atoms with Crippen LogP contribution in [0.1, 0.15) is 45.1 Å². The van der Waals surface area contributed by atoms with E-state index >= 15 is 0 Å². The first kappa shape index (κ1) is 24.6. The minimum atomic E-state index is -0.546. The van der Waals surface area contributed by atoms with Crippen LogP contribution < -0.4 is 14.8 Å². The number of unbranched alkanes of at least 4 members (excludes halogenated alkanes) is 3. The van der Waals surface area contributed by atoms with Gasteiger partial charge in [-0.3, -0.25) is 4.79 Å². The molecule has 0 unspecified atom stereocenters. The quantitative estimate of drug-likeness (QED) is 0.225. The Hall–Kier alpha value is -2.68. The number of hydrogen-bond donors (Lipinski definition) is 1. The lowest BCUT2D eigenvalue weighted by atomic mass is 10.1. The molecule has 164 valence electrons. The normalized spacial score (nSPS) is 11.0. The average molecular weight is 461 g/mol. The highest BCUT2D eigenvalue weighted by Gasteiger charge is 2.15. The van der Waals surface area contributed by atoms with E-state index in [0.717, 1.165) is 25.7 Å². The van der Waals surface area contributed by atoms with Gasteiger partial charge in [-0.25, -0.2) is 0 Å². The van der Waals surface area contributed by atoms with Crippen LogP contribution in [0.25, 0.3) is 6.08 Å². The fourth-order valence-electron chi connectivity index (χ4n) is 2.86. The van der Waals surface area contributed by atoms with Crippen molar-refractivity contribution in [2.75, 3.05) is 18.5 Å². The number of carbonyl (C=O) groups excluding carboxylic acids is 1. The van der Waals surface area contributed by atoms with E-state index in [9.17, 15) is 10.1 Å². The number of anilines is 1. The van der Waals surface area contributed by atoms with Crippen LogP contribution in [0.2, 0.25) is 10.0 Å². The summed E-state index contributed by atoms with van der Waals surface area (Å²) in [5.74, 6) is 0.401. The van der Waals surface area contributed by atoms with Gasteiger partial charge in [0.05, 0.1) is 18.2 Å². The van der Waals surface area contributed by atoms with E-state index < -0.39 is 5.91 Å². The van der Waals surface area contributed by atoms with Crippen molar-refractivity contribution in [3.8, 4) is 17.6 Å². The van der Waals surface area contributed by atoms with Crippen molar-refractivity contribution < 1.29 is 14.3 Å². The molecular formula is C24H26Cl2N2O3. The van der Waals surface area contributed by atoms with Gasteiger partial charge < -0.3 is 14.8 Å². The lowest BCUT2D eigenvalue weighted by molar-refractivity contribution is -0.112. The molecule has 0 aliphatic rings. The van der Waals surface area contributed by atoms with Crippen molar-refractivity contribution in [2.24, 2.45) is 0 Å². The van der Waals surface area contributed by atoms with Gasteiger partial charge in [0.25, 0.3) is 5.91 Å². The van der Waals surface area contributed by atoms with Gasteiger partial charge in [0, 0.05) is 10.7 Å². The van der Waals surface area contributed by atoms with Gasteiger partial charge in [0.15, 0.2) is 11.5 Å². The molecule has 0 fully saturated rings. The maximum atomic E-state index is 12.5. The Bertz CT molecular complexity index is 968. The predicted octanol–water partition coefficient (Wildman–Crippen LogP) is 6.90. The van der Waals surface area contributed by atoms with Crippen LogP contribution in [0, 0.1) is 11.3 Å². The molecule has 0 radical (unpaired) electrons. The zero-order valence-corrected chi connectivity index (χ0v) is 19.2. The molecule has 0 saturated heterocycles. The largest absolute Gasteiger partial charge is 0.490 e. The second kappa shape index (κ2) is 12.9. The number of rotatable bonds is 11. The molecule has 2 aromatic carbocycles. The number of halogens is 2. The van der Waals surface area contributed by atoms with Crippen LogP contribution in [0.15, 0.2) is 42.0 Å². The summed E-state index contributed by atoms with van der Waals surface area (Å²) >= 11 is 12.4. The van der Waals surface area contributed by atoms with Gasteiger partial charge in [-0.2, -0.15) is 5.26 Å². The summed E-state index contributed by atoms with van der Waals surface area (Å²) in [6, 6.07) is 12.0. The van der Waals surface area contributed by atoms with E-state index in [4.69, 9.17) is 32.7 Å². The first-order valence-electron chi connectivity index (χ1n) is 10.3. The topological polar surface area (TPSA) is 71.3 Å². The Labute approximate surface area is 193 Å². The third-order valence-corrected chi connectivity index (χ3v) is 4.85. The number of carbonyl (C=O) groups is 1. The summed E-state index contributed by atoms with van der Waals surface area (Å²) in [5.41, 5.74) is 0.981. The van der Waals surface area contributed by atoms with E-state index in [2.05, 4.69) is 12.2 Å². The molecule has 0 aromatic heterocycles. The van der Waals surface area contributed by atoms with E-state index in [1.807, 2.05) is 13.0 Å². The Morgan fingerprint density at radius 3 is 2.61 bits per heavy atom. The van der Waals surface area contributed by atoms with Gasteiger partial charge in [-0.15, -0.1) is 0 Å². The van der Waals surface area contributed by atoms with Crippen LogP contribution >= 0.6 is 23.2 Å². The Morgan fingerprint density at radius 1 is 1.13 bits per heavy atom. The third-order valence-electron chi connectivity index (χ3n) is 4.33. The van der Waals surface area contributed by atoms with Crippen LogP contribution in [0.5, 0.6) is 11.5 Å². The number of benzene rings is 2. The molecule has 0 aliphatic carbocycles. The predicted molar refractivity (Wildman–Crippen MR) is 126 cm³/mol. The average Bonchev–Trinajstić information content (AvgIpc) is 2.73.